The topological polar surface area (TPSA) is 60.8 Å². The van der Waals surface area contributed by atoms with Crippen LogP contribution in [0.3, 0.4) is 0 Å². The lowest BCUT2D eigenvalue weighted by Crippen LogP contribution is -2.38. The zero-order valence-electron chi connectivity index (χ0n) is 11.2. The van der Waals surface area contributed by atoms with E-state index in [1.165, 1.54) is 6.07 Å². The Morgan fingerprint density at radius 2 is 2.06 bits per heavy atom. The van der Waals surface area contributed by atoms with Crippen LogP contribution in [0.5, 0.6) is 5.75 Å². The maximum Gasteiger partial charge on any atom is 0.257 e. The number of amides is 1. The van der Waals surface area contributed by atoms with Gasteiger partial charge in [-0.15, -0.1) is 0 Å². The fourth-order valence-electron chi connectivity index (χ4n) is 1.81. The first-order chi connectivity index (χ1) is 8.47. The van der Waals surface area contributed by atoms with Crippen LogP contribution in [0, 0.1) is 6.92 Å². The zero-order chi connectivity index (χ0) is 13.7. The van der Waals surface area contributed by atoms with Gasteiger partial charge in [0, 0.05) is 19.2 Å². The molecule has 0 aromatic heterocycles. The Labute approximate surface area is 108 Å². The van der Waals surface area contributed by atoms with Crippen molar-refractivity contribution in [3.8, 4) is 5.75 Å². The van der Waals surface area contributed by atoms with Gasteiger partial charge in [0.15, 0.2) is 0 Å². The number of phenolic OH excluding ortho intramolecular Hbond substituents is 1. The highest BCUT2D eigenvalue weighted by Crippen LogP contribution is 2.21. The minimum Gasteiger partial charge on any atom is -0.507 e. The van der Waals surface area contributed by atoms with Crippen LogP contribution in [0.25, 0.3) is 0 Å². The quantitative estimate of drug-likeness (QED) is 0.840. The lowest BCUT2D eigenvalue weighted by atomic mass is 10.1. The molecule has 0 radical (unpaired) electrons. The van der Waals surface area contributed by atoms with Crippen LogP contribution in [0.15, 0.2) is 18.2 Å². The summed E-state index contributed by atoms with van der Waals surface area (Å²) in [5.41, 5.74) is 1.25. The average Bonchev–Trinajstić information content (AvgIpc) is 2.32. The molecule has 0 heterocycles. The summed E-state index contributed by atoms with van der Waals surface area (Å²) in [5, 5.41) is 18.6. The van der Waals surface area contributed by atoms with Crippen molar-refractivity contribution in [1.29, 1.82) is 0 Å². The summed E-state index contributed by atoms with van der Waals surface area (Å²) in [4.78, 5) is 14.0. The number of benzene rings is 1. The summed E-state index contributed by atoms with van der Waals surface area (Å²) in [7, 11) is 0. The van der Waals surface area contributed by atoms with E-state index in [1.54, 1.807) is 17.0 Å². The molecule has 0 saturated heterocycles. The zero-order valence-corrected chi connectivity index (χ0v) is 11.2. The van der Waals surface area contributed by atoms with Crippen molar-refractivity contribution < 1.29 is 15.0 Å². The van der Waals surface area contributed by atoms with Gasteiger partial charge >= 0.3 is 0 Å². The molecular formula is C14H21NO3. The molecule has 0 aliphatic rings. The first-order valence-electron chi connectivity index (χ1n) is 6.18. The van der Waals surface area contributed by atoms with Crippen LogP contribution in [0.1, 0.15) is 36.2 Å². The minimum absolute atomic E-state index is 0.000230. The number of rotatable bonds is 5. The molecule has 1 aromatic rings. The maximum atomic E-state index is 12.3. The van der Waals surface area contributed by atoms with Crippen LogP contribution in [-0.2, 0) is 0 Å². The van der Waals surface area contributed by atoms with Gasteiger partial charge in [0.1, 0.15) is 5.75 Å². The Balaban J connectivity index is 2.98. The van der Waals surface area contributed by atoms with Crippen LogP contribution >= 0.6 is 0 Å². The summed E-state index contributed by atoms with van der Waals surface area (Å²) in [5.74, 6) is -0.195. The molecule has 4 nitrogen and oxygen atoms in total. The van der Waals surface area contributed by atoms with Crippen molar-refractivity contribution in [2.45, 2.75) is 33.2 Å². The second kappa shape index (κ2) is 6.40. The average molecular weight is 251 g/mol. The molecule has 0 fully saturated rings. The van der Waals surface area contributed by atoms with Gasteiger partial charge in [0.05, 0.1) is 5.56 Å². The van der Waals surface area contributed by atoms with E-state index in [0.29, 0.717) is 18.5 Å². The Morgan fingerprint density at radius 1 is 1.39 bits per heavy atom. The normalized spacial score (nSPS) is 10.7. The van der Waals surface area contributed by atoms with E-state index in [-0.39, 0.29) is 24.3 Å². The monoisotopic (exact) mass is 251 g/mol. The maximum absolute atomic E-state index is 12.3. The lowest BCUT2D eigenvalue weighted by molar-refractivity contribution is 0.0690. The summed E-state index contributed by atoms with van der Waals surface area (Å²) in [6, 6.07) is 5.02. The van der Waals surface area contributed by atoms with Crippen LogP contribution < -0.4 is 0 Å². The SMILES string of the molecule is Cc1ccc(O)c(C(=O)N(CCCO)C(C)C)c1. The number of hydrogen-bond donors (Lipinski definition) is 2. The van der Waals surface area contributed by atoms with E-state index in [1.807, 2.05) is 20.8 Å². The Hall–Kier alpha value is -1.55. The standard InChI is InChI=1S/C14H21NO3/c1-10(2)15(7-4-8-16)14(18)12-9-11(3)5-6-13(12)17/h5-6,9-10,16-17H,4,7-8H2,1-3H3. The third-order valence-corrected chi connectivity index (χ3v) is 2.82. The minimum atomic E-state index is -0.195. The Bertz CT molecular complexity index is 416. The molecule has 0 bridgehead atoms. The molecule has 18 heavy (non-hydrogen) atoms. The molecule has 1 rings (SSSR count). The molecule has 1 aromatic carbocycles. The molecule has 0 saturated carbocycles. The van der Waals surface area contributed by atoms with E-state index in [4.69, 9.17) is 5.11 Å². The van der Waals surface area contributed by atoms with E-state index in [0.717, 1.165) is 5.56 Å². The van der Waals surface area contributed by atoms with Crippen LogP contribution in [0.4, 0.5) is 0 Å². The van der Waals surface area contributed by atoms with Crippen molar-refractivity contribution in [3.63, 3.8) is 0 Å². The van der Waals surface area contributed by atoms with E-state index >= 15 is 0 Å². The van der Waals surface area contributed by atoms with Crippen LogP contribution in [-0.4, -0.2) is 40.2 Å². The number of aliphatic hydroxyl groups is 1. The largest absolute Gasteiger partial charge is 0.507 e. The van der Waals surface area contributed by atoms with Crippen molar-refractivity contribution in [2.24, 2.45) is 0 Å². The number of aromatic hydroxyl groups is 1. The number of hydrogen-bond acceptors (Lipinski definition) is 3. The van der Waals surface area contributed by atoms with Gasteiger partial charge in [-0.05, 0) is 39.3 Å². The summed E-state index contributed by atoms with van der Waals surface area (Å²) < 4.78 is 0. The molecule has 0 aliphatic carbocycles. The molecule has 2 N–H and O–H groups in total. The molecule has 0 aliphatic heterocycles. The van der Waals surface area contributed by atoms with E-state index < -0.39 is 0 Å². The summed E-state index contributed by atoms with van der Waals surface area (Å²) >= 11 is 0. The Kier molecular flexibility index (Phi) is 5.16. The summed E-state index contributed by atoms with van der Waals surface area (Å²) in [6.45, 7) is 6.25. The third kappa shape index (κ3) is 3.47. The first-order valence-corrected chi connectivity index (χ1v) is 6.18. The highest BCUT2D eigenvalue weighted by molar-refractivity contribution is 5.97. The number of aryl methyl sites for hydroxylation is 1. The fourth-order valence-corrected chi connectivity index (χ4v) is 1.81. The number of carbonyl (C=O) groups is 1. The molecule has 0 atom stereocenters. The van der Waals surface area contributed by atoms with Gasteiger partial charge in [0.2, 0.25) is 0 Å². The first kappa shape index (κ1) is 14.5. The van der Waals surface area contributed by atoms with E-state index in [9.17, 15) is 9.90 Å². The van der Waals surface area contributed by atoms with Gasteiger partial charge < -0.3 is 15.1 Å². The molecule has 4 heteroatoms. The number of carbonyl (C=O) groups excluding carboxylic acids is 1. The van der Waals surface area contributed by atoms with Crippen LogP contribution in [0.2, 0.25) is 0 Å². The molecule has 100 valence electrons. The van der Waals surface area contributed by atoms with Crippen molar-refractivity contribution in [1.82, 2.24) is 4.90 Å². The predicted molar refractivity (Wildman–Crippen MR) is 70.7 cm³/mol. The summed E-state index contributed by atoms with van der Waals surface area (Å²) in [6.07, 6.45) is 0.538. The van der Waals surface area contributed by atoms with Gasteiger partial charge in [-0.2, -0.15) is 0 Å². The predicted octanol–water partition coefficient (Wildman–Crippen LogP) is 1.93. The van der Waals surface area contributed by atoms with Gasteiger partial charge in [-0.25, -0.2) is 0 Å². The second-order valence-electron chi connectivity index (χ2n) is 4.69. The lowest BCUT2D eigenvalue weighted by Gasteiger charge is -2.27. The van der Waals surface area contributed by atoms with Gasteiger partial charge in [-0.3, -0.25) is 4.79 Å². The highest BCUT2D eigenvalue weighted by Gasteiger charge is 2.21. The van der Waals surface area contributed by atoms with Crippen molar-refractivity contribution >= 4 is 5.91 Å². The third-order valence-electron chi connectivity index (χ3n) is 2.82. The molecular weight excluding hydrogens is 230 g/mol. The smallest absolute Gasteiger partial charge is 0.257 e. The van der Waals surface area contributed by atoms with Crippen molar-refractivity contribution in [2.75, 3.05) is 13.2 Å². The fraction of sp³-hybridized carbons (Fsp3) is 0.500. The molecule has 0 unspecified atom stereocenters. The van der Waals surface area contributed by atoms with Crippen molar-refractivity contribution in [3.05, 3.63) is 29.3 Å². The second-order valence-corrected chi connectivity index (χ2v) is 4.69. The number of aliphatic hydroxyl groups excluding tert-OH is 1. The molecule has 0 spiro atoms. The number of phenols is 1. The van der Waals surface area contributed by atoms with Gasteiger partial charge in [-0.1, -0.05) is 11.6 Å². The molecule has 1 amide bonds. The number of nitrogens with zero attached hydrogens (tertiary/aromatic N) is 1. The highest BCUT2D eigenvalue weighted by atomic mass is 16.3. The Morgan fingerprint density at radius 3 is 2.61 bits per heavy atom. The van der Waals surface area contributed by atoms with E-state index in [2.05, 4.69) is 0 Å². The van der Waals surface area contributed by atoms with Gasteiger partial charge in [0.25, 0.3) is 5.91 Å².